The Kier molecular flexibility index (Phi) is 6.02. The minimum atomic E-state index is 0.0232. The number of nitrogens with one attached hydrogen (secondary N) is 1. The highest BCUT2D eigenvalue weighted by Gasteiger charge is 2.42. The molecule has 4 nitrogen and oxygen atoms in total. The highest BCUT2D eigenvalue weighted by Crippen LogP contribution is 2.38. The Morgan fingerprint density at radius 2 is 1.62 bits per heavy atom. The molecule has 1 amide bonds. The number of amides is 1. The minimum Gasteiger partial charge on any atom is -0.342 e. The van der Waals surface area contributed by atoms with E-state index < -0.39 is 0 Å². The molecule has 0 aliphatic carbocycles. The molecule has 0 bridgehead atoms. The van der Waals surface area contributed by atoms with Crippen LogP contribution in [0.4, 0.5) is 0 Å². The molecule has 2 heterocycles. The molecule has 2 saturated heterocycles. The zero-order valence-corrected chi connectivity index (χ0v) is 17.7. The minimum absolute atomic E-state index is 0.0232. The normalized spacial score (nSPS) is 24.0. The van der Waals surface area contributed by atoms with Gasteiger partial charge in [-0.15, -0.1) is 0 Å². The summed E-state index contributed by atoms with van der Waals surface area (Å²) < 4.78 is 0. The van der Waals surface area contributed by atoms with Crippen LogP contribution in [-0.4, -0.2) is 56.0 Å². The molecule has 0 radical (unpaired) electrons. The summed E-state index contributed by atoms with van der Waals surface area (Å²) in [6.07, 6.45) is 2.95. The van der Waals surface area contributed by atoms with Crippen molar-refractivity contribution in [2.24, 2.45) is 11.8 Å². The van der Waals surface area contributed by atoms with E-state index >= 15 is 0 Å². The fourth-order valence-electron chi connectivity index (χ4n) is 5.23. The van der Waals surface area contributed by atoms with E-state index in [1.807, 2.05) is 0 Å². The Morgan fingerprint density at radius 3 is 2.24 bits per heavy atom. The van der Waals surface area contributed by atoms with Crippen molar-refractivity contribution < 1.29 is 4.79 Å². The van der Waals surface area contributed by atoms with Gasteiger partial charge in [0.25, 0.3) is 0 Å². The standard InChI is InChI=1S/C25H33N3O/c1-27(2)25(22-11-7-4-8-12-22)13-15-28(16-14-25)24(29)23-19-26-18-21(23)17-20-9-5-3-6-10-20/h3-12,21,23,26H,13-19H2,1-2H3/t21-,23-/m0/s1. The first-order chi connectivity index (χ1) is 14.1. The number of hydrogen-bond donors (Lipinski definition) is 1. The summed E-state index contributed by atoms with van der Waals surface area (Å²) in [5.41, 5.74) is 2.71. The molecule has 4 rings (SSSR count). The van der Waals surface area contributed by atoms with Gasteiger partial charge in [0.2, 0.25) is 5.91 Å². The number of carbonyl (C=O) groups excluding carboxylic acids is 1. The van der Waals surface area contributed by atoms with Gasteiger partial charge in [-0.2, -0.15) is 0 Å². The molecule has 2 fully saturated rings. The maximum atomic E-state index is 13.4. The van der Waals surface area contributed by atoms with Gasteiger partial charge in [0, 0.05) is 25.2 Å². The second-order valence-corrected chi connectivity index (χ2v) is 8.83. The first kappa shape index (κ1) is 20.1. The molecule has 0 spiro atoms. The third kappa shape index (κ3) is 4.10. The quantitative estimate of drug-likeness (QED) is 0.851. The Hall–Kier alpha value is -2.17. The number of rotatable bonds is 5. The molecule has 2 aromatic rings. The highest BCUT2D eigenvalue weighted by molar-refractivity contribution is 5.80. The summed E-state index contributed by atoms with van der Waals surface area (Å²) in [7, 11) is 4.34. The van der Waals surface area contributed by atoms with Crippen LogP contribution in [-0.2, 0) is 16.8 Å². The molecule has 2 aliphatic heterocycles. The van der Waals surface area contributed by atoms with Crippen molar-refractivity contribution in [1.29, 1.82) is 0 Å². The van der Waals surface area contributed by atoms with Crippen LogP contribution >= 0.6 is 0 Å². The van der Waals surface area contributed by atoms with E-state index in [0.717, 1.165) is 45.4 Å². The monoisotopic (exact) mass is 391 g/mol. The van der Waals surface area contributed by atoms with Gasteiger partial charge in [-0.1, -0.05) is 60.7 Å². The van der Waals surface area contributed by atoms with E-state index in [1.165, 1.54) is 11.1 Å². The van der Waals surface area contributed by atoms with Crippen LogP contribution in [0.25, 0.3) is 0 Å². The lowest BCUT2D eigenvalue weighted by atomic mass is 9.79. The molecular formula is C25H33N3O. The lowest BCUT2D eigenvalue weighted by Gasteiger charge is -2.47. The zero-order chi connectivity index (χ0) is 20.3. The van der Waals surface area contributed by atoms with Gasteiger partial charge in [0.05, 0.1) is 5.92 Å². The summed E-state index contributed by atoms with van der Waals surface area (Å²) in [6, 6.07) is 21.3. The van der Waals surface area contributed by atoms with Crippen LogP contribution in [0.15, 0.2) is 60.7 Å². The SMILES string of the molecule is CN(C)C1(c2ccccc2)CCN(C(=O)[C@H]2CNC[C@@H]2Cc2ccccc2)CC1. The number of carbonyl (C=O) groups is 1. The molecule has 2 atom stereocenters. The van der Waals surface area contributed by atoms with Crippen molar-refractivity contribution in [1.82, 2.24) is 15.1 Å². The predicted molar refractivity (Wildman–Crippen MR) is 118 cm³/mol. The van der Waals surface area contributed by atoms with Gasteiger partial charge in [0.1, 0.15) is 0 Å². The van der Waals surface area contributed by atoms with Gasteiger partial charge >= 0.3 is 0 Å². The Bertz CT molecular complexity index is 797. The topological polar surface area (TPSA) is 35.6 Å². The summed E-state index contributed by atoms with van der Waals surface area (Å²) >= 11 is 0. The number of hydrogen-bond acceptors (Lipinski definition) is 3. The fourth-order valence-corrected chi connectivity index (χ4v) is 5.23. The van der Waals surface area contributed by atoms with Gasteiger partial charge in [-0.3, -0.25) is 9.69 Å². The second kappa shape index (κ2) is 8.68. The number of piperidine rings is 1. The van der Waals surface area contributed by atoms with Crippen LogP contribution < -0.4 is 5.32 Å². The van der Waals surface area contributed by atoms with Gasteiger partial charge in [-0.25, -0.2) is 0 Å². The molecule has 2 aromatic carbocycles. The average molecular weight is 392 g/mol. The average Bonchev–Trinajstić information content (AvgIpc) is 3.22. The first-order valence-corrected chi connectivity index (χ1v) is 10.9. The van der Waals surface area contributed by atoms with E-state index in [-0.39, 0.29) is 11.5 Å². The first-order valence-electron chi connectivity index (χ1n) is 10.9. The maximum Gasteiger partial charge on any atom is 0.227 e. The van der Waals surface area contributed by atoms with Crippen LogP contribution in [0.1, 0.15) is 24.0 Å². The maximum absolute atomic E-state index is 13.4. The molecule has 2 aliphatic rings. The van der Waals surface area contributed by atoms with E-state index in [9.17, 15) is 4.79 Å². The predicted octanol–water partition coefficient (Wildman–Crippen LogP) is 3.14. The van der Waals surface area contributed by atoms with Gasteiger partial charge < -0.3 is 10.2 Å². The molecular weight excluding hydrogens is 358 g/mol. The molecule has 4 heteroatoms. The third-order valence-corrected chi connectivity index (χ3v) is 7.07. The fraction of sp³-hybridized carbons (Fsp3) is 0.480. The lowest BCUT2D eigenvalue weighted by Crippen LogP contribution is -2.53. The summed E-state index contributed by atoms with van der Waals surface area (Å²) in [5.74, 6) is 0.828. The van der Waals surface area contributed by atoms with E-state index in [1.54, 1.807) is 0 Å². The molecule has 0 aromatic heterocycles. The smallest absolute Gasteiger partial charge is 0.227 e. The molecule has 0 saturated carbocycles. The Labute approximate surface area is 174 Å². The van der Waals surface area contributed by atoms with Crippen molar-refractivity contribution in [3.63, 3.8) is 0 Å². The van der Waals surface area contributed by atoms with E-state index in [0.29, 0.717) is 11.8 Å². The Balaban J connectivity index is 1.43. The lowest BCUT2D eigenvalue weighted by molar-refractivity contribution is -0.138. The summed E-state index contributed by atoms with van der Waals surface area (Å²) in [5, 5.41) is 3.47. The molecule has 154 valence electrons. The molecule has 29 heavy (non-hydrogen) atoms. The number of benzene rings is 2. The summed E-state index contributed by atoms with van der Waals surface area (Å²) in [6.45, 7) is 3.41. The highest BCUT2D eigenvalue weighted by atomic mass is 16.2. The van der Waals surface area contributed by atoms with Crippen molar-refractivity contribution in [3.05, 3.63) is 71.8 Å². The van der Waals surface area contributed by atoms with Crippen LogP contribution in [0.3, 0.4) is 0 Å². The molecule has 1 N–H and O–H groups in total. The van der Waals surface area contributed by atoms with Crippen molar-refractivity contribution >= 4 is 5.91 Å². The van der Waals surface area contributed by atoms with Crippen LogP contribution in [0.2, 0.25) is 0 Å². The van der Waals surface area contributed by atoms with Gasteiger partial charge in [-0.05, 0) is 56.9 Å². The van der Waals surface area contributed by atoms with E-state index in [2.05, 4.69) is 89.9 Å². The van der Waals surface area contributed by atoms with Crippen molar-refractivity contribution in [3.8, 4) is 0 Å². The number of nitrogens with zero attached hydrogens (tertiary/aromatic N) is 2. The zero-order valence-electron chi connectivity index (χ0n) is 17.7. The third-order valence-electron chi connectivity index (χ3n) is 7.07. The Morgan fingerprint density at radius 1 is 1.00 bits per heavy atom. The number of likely N-dealkylation sites (tertiary alicyclic amines) is 1. The van der Waals surface area contributed by atoms with Gasteiger partial charge in [0.15, 0.2) is 0 Å². The van der Waals surface area contributed by atoms with E-state index in [4.69, 9.17) is 0 Å². The van der Waals surface area contributed by atoms with Crippen molar-refractivity contribution in [2.45, 2.75) is 24.8 Å². The van der Waals surface area contributed by atoms with Crippen LogP contribution in [0, 0.1) is 11.8 Å². The summed E-state index contributed by atoms with van der Waals surface area (Å²) in [4.78, 5) is 17.9. The largest absolute Gasteiger partial charge is 0.342 e. The van der Waals surface area contributed by atoms with Crippen LogP contribution in [0.5, 0.6) is 0 Å². The second-order valence-electron chi connectivity index (χ2n) is 8.83. The molecule has 0 unspecified atom stereocenters. The van der Waals surface area contributed by atoms with Crippen molar-refractivity contribution in [2.75, 3.05) is 40.3 Å².